The van der Waals surface area contributed by atoms with Crippen molar-refractivity contribution in [3.63, 3.8) is 0 Å². The molecule has 1 nitrogen and oxygen atoms in total. The molecule has 0 aromatic heterocycles. The van der Waals surface area contributed by atoms with Gasteiger partial charge < -0.3 is 5.32 Å². The zero-order valence-electron chi connectivity index (χ0n) is 7.56. The Morgan fingerprint density at radius 2 is 2.31 bits per heavy atom. The molecule has 1 aromatic rings. The summed E-state index contributed by atoms with van der Waals surface area (Å²) in [4.78, 5) is 0. The number of hydrogen-bond donors (Lipinski definition) is 1. The van der Waals surface area contributed by atoms with Crippen molar-refractivity contribution in [2.75, 3.05) is 13.2 Å². The third kappa shape index (κ3) is 3.33. The molecule has 0 saturated carbocycles. The Morgan fingerprint density at radius 1 is 1.54 bits per heavy atom. The summed E-state index contributed by atoms with van der Waals surface area (Å²) in [6.07, 6.45) is 0. The zero-order chi connectivity index (χ0) is 9.68. The number of benzene rings is 1. The van der Waals surface area contributed by atoms with E-state index in [0.29, 0.717) is 11.6 Å². The van der Waals surface area contributed by atoms with Gasteiger partial charge in [-0.3, -0.25) is 0 Å². The minimum absolute atomic E-state index is 0.148. The van der Waals surface area contributed by atoms with Crippen LogP contribution in [0.3, 0.4) is 0 Å². The van der Waals surface area contributed by atoms with Gasteiger partial charge in [0.2, 0.25) is 0 Å². The Hall–Kier alpha value is -0.600. The molecular formula is C10H13ClFN. The third-order valence-electron chi connectivity index (χ3n) is 1.89. The maximum absolute atomic E-state index is 11.9. The predicted octanol–water partition coefficient (Wildman–Crippen LogP) is 2.96. The van der Waals surface area contributed by atoms with Crippen molar-refractivity contribution in [2.45, 2.75) is 13.0 Å². The summed E-state index contributed by atoms with van der Waals surface area (Å²) in [5.41, 5.74) is 1.08. The minimum Gasteiger partial charge on any atom is -0.308 e. The lowest BCUT2D eigenvalue weighted by Crippen LogP contribution is -2.20. The molecule has 0 heterocycles. The van der Waals surface area contributed by atoms with Crippen LogP contribution >= 0.6 is 11.6 Å². The average Bonchev–Trinajstić information content (AvgIpc) is 2.14. The smallest absolute Gasteiger partial charge is 0.102 e. The quantitative estimate of drug-likeness (QED) is 0.790. The lowest BCUT2D eigenvalue weighted by Gasteiger charge is -2.12. The van der Waals surface area contributed by atoms with Crippen molar-refractivity contribution in [1.82, 2.24) is 5.32 Å². The molecule has 3 heteroatoms. The Labute approximate surface area is 82.9 Å². The first-order valence-electron chi connectivity index (χ1n) is 4.29. The summed E-state index contributed by atoms with van der Waals surface area (Å²) in [5.74, 6) is 0. The third-order valence-corrected chi connectivity index (χ3v) is 2.13. The summed E-state index contributed by atoms with van der Waals surface area (Å²) in [6.45, 7) is 2.03. The van der Waals surface area contributed by atoms with E-state index in [1.54, 1.807) is 0 Å². The highest BCUT2D eigenvalue weighted by atomic mass is 35.5. The van der Waals surface area contributed by atoms with Crippen molar-refractivity contribution in [3.8, 4) is 0 Å². The molecule has 1 aromatic carbocycles. The number of alkyl halides is 1. The topological polar surface area (TPSA) is 12.0 Å². The van der Waals surface area contributed by atoms with E-state index in [1.807, 2.05) is 31.2 Å². The lowest BCUT2D eigenvalue weighted by atomic mass is 10.1. The molecule has 0 aliphatic carbocycles. The van der Waals surface area contributed by atoms with E-state index >= 15 is 0 Å². The van der Waals surface area contributed by atoms with E-state index in [4.69, 9.17) is 11.6 Å². The van der Waals surface area contributed by atoms with Crippen molar-refractivity contribution in [2.24, 2.45) is 0 Å². The van der Waals surface area contributed by atoms with Gasteiger partial charge in [0.1, 0.15) is 6.67 Å². The molecule has 0 saturated heterocycles. The normalized spacial score (nSPS) is 12.8. The molecule has 0 radical (unpaired) electrons. The fourth-order valence-corrected chi connectivity index (χ4v) is 1.36. The van der Waals surface area contributed by atoms with Crippen LogP contribution in [0, 0.1) is 0 Å². The maximum atomic E-state index is 11.9. The maximum Gasteiger partial charge on any atom is 0.102 e. The van der Waals surface area contributed by atoms with Crippen LogP contribution in [0.4, 0.5) is 4.39 Å². The van der Waals surface area contributed by atoms with Gasteiger partial charge in [-0.2, -0.15) is 0 Å². The van der Waals surface area contributed by atoms with Gasteiger partial charge in [-0.1, -0.05) is 23.7 Å². The Bertz CT molecular complexity index is 265. The van der Waals surface area contributed by atoms with Gasteiger partial charge in [-0.05, 0) is 24.6 Å². The molecule has 13 heavy (non-hydrogen) atoms. The van der Waals surface area contributed by atoms with Crippen LogP contribution in [0.5, 0.6) is 0 Å². The molecule has 0 amide bonds. The van der Waals surface area contributed by atoms with Crippen LogP contribution in [0.2, 0.25) is 5.02 Å². The summed E-state index contributed by atoms with van der Waals surface area (Å²) < 4.78 is 11.9. The highest BCUT2D eigenvalue weighted by Gasteiger charge is 2.03. The molecule has 0 fully saturated rings. The average molecular weight is 202 g/mol. The molecule has 1 atom stereocenters. The number of rotatable bonds is 4. The lowest BCUT2D eigenvalue weighted by molar-refractivity contribution is 0.444. The van der Waals surface area contributed by atoms with E-state index in [-0.39, 0.29) is 12.7 Å². The second kappa shape index (κ2) is 5.20. The molecule has 0 spiro atoms. The van der Waals surface area contributed by atoms with Crippen molar-refractivity contribution >= 4 is 11.6 Å². The Balaban J connectivity index is 2.60. The fourth-order valence-electron chi connectivity index (χ4n) is 1.16. The summed E-state index contributed by atoms with van der Waals surface area (Å²) in [7, 11) is 0. The van der Waals surface area contributed by atoms with Crippen LogP contribution in [0.1, 0.15) is 18.5 Å². The molecule has 0 bridgehead atoms. The molecule has 1 N–H and O–H groups in total. The monoisotopic (exact) mass is 201 g/mol. The molecule has 0 unspecified atom stereocenters. The van der Waals surface area contributed by atoms with E-state index in [9.17, 15) is 4.39 Å². The molecule has 1 rings (SSSR count). The minimum atomic E-state index is -0.342. The SMILES string of the molecule is C[C@@H](NCCF)c1cccc(Cl)c1. The number of halogens is 2. The van der Waals surface area contributed by atoms with Crippen molar-refractivity contribution < 1.29 is 4.39 Å². The molecule has 0 aliphatic heterocycles. The standard InChI is InChI=1S/C10H13ClFN/c1-8(13-6-5-12)9-3-2-4-10(11)7-9/h2-4,7-8,13H,5-6H2,1H3/t8-/m1/s1. The summed E-state index contributed by atoms with van der Waals surface area (Å²) in [5, 5.41) is 3.76. The second-order valence-corrected chi connectivity index (χ2v) is 3.36. The first-order chi connectivity index (χ1) is 6.24. The van der Waals surface area contributed by atoms with Crippen LogP contribution in [-0.4, -0.2) is 13.2 Å². The van der Waals surface area contributed by atoms with Gasteiger partial charge in [-0.25, -0.2) is 4.39 Å². The van der Waals surface area contributed by atoms with Gasteiger partial charge in [0.25, 0.3) is 0 Å². The first kappa shape index (κ1) is 10.5. The van der Waals surface area contributed by atoms with E-state index in [2.05, 4.69) is 5.32 Å². The second-order valence-electron chi connectivity index (χ2n) is 2.92. The number of nitrogens with one attached hydrogen (secondary N) is 1. The van der Waals surface area contributed by atoms with E-state index in [0.717, 1.165) is 5.56 Å². The van der Waals surface area contributed by atoms with Gasteiger partial charge in [0, 0.05) is 17.6 Å². The first-order valence-corrected chi connectivity index (χ1v) is 4.66. The zero-order valence-corrected chi connectivity index (χ0v) is 8.31. The van der Waals surface area contributed by atoms with Crippen LogP contribution in [0.25, 0.3) is 0 Å². The van der Waals surface area contributed by atoms with E-state index in [1.165, 1.54) is 0 Å². The molecule has 72 valence electrons. The largest absolute Gasteiger partial charge is 0.308 e. The summed E-state index contributed by atoms with van der Waals surface area (Å²) in [6, 6.07) is 7.73. The van der Waals surface area contributed by atoms with Gasteiger partial charge in [0.05, 0.1) is 0 Å². The molecule has 0 aliphatic rings. The Kier molecular flexibility index (Phi) is 4.19. The van der Waals surface area contributed by atoms with Crippen LogP contribution in [0.15, 0.2) is 24.3 Å². The number of hydrogen-bond acceptors (Lipinski definition) is 1. The highest BCUT2D eigenvalue weighted by Crippen LogP contribution is 2.16. The van der Waals surface area contributed by atoms with Gasteiger partial charge >= 0.3 is 0 Å². The van der Waals surface area contributed by atoms with E-state index < -0.39 is 0 Å². The van der Waals surface area contributed by atoms with Crippen LogP contribution < -0.4 is 5.32 Å². The molecular weight excluding hydrogens is 189 g/mol. The van der Waals surface area contributed by atoms with Crippen molar-refractivity contribution in [1.29, 1.82) is 0 Å². The summed E-state index contributed by atoms with van der Waals surface area (Å²) >= 11 is 5.82. The van der Waals surface area contributed by atoms with Gasteiger partial charge in [0.15, 0.2) is 0 Å². The van der Waals surface area contributed by atoms with Gasteiger partial charge in [-0.15, -0.1) is 0 Å². The Morgan fingerprint density at radius 3 is 2.92 bits per heavy atom. The fraction of sp³-hybridized carbons (Fsp3) is 0.400. The predicted molar refractivity (Wildman–Crippen MR) is 53.8 cm³/mol. The van der Waals surface area contributed by atoms with Crippen molar-refractivity contribution in [3.05, 3.63) is 34.9 Å². The highest BCUT2D eigenvalue weighted by molar-refractivity contribution is 6.30. The van der Waals surface area contributed by atoms with Crippen LogP contribution in [-0.2, 0) is 0 Å².